The number of likely N-dealkylation sites (tertiary alicyclic amines) is 1. The zero-order valence-corrected chi connectivity index (χ0v) is 17.1. The lowest BCUT2D eigenvalue weighted by Crippen LogP contribution is -2.52. The van der Waals surface area contributed by atoms with E-state index in [0.717, 1.165) is 24.9 Å². The normalized spacial score (nSPS) is 25.5. The van der Waals surface area contributed by atoms with Crippen molar-refractivity contribution < 1.29 is 13.2 Å². The first-order chi connectivity index (χ1) is 12.8. The van der Waals surface area contributed by atoms with Crippen LogP contribution in [0.3, 0.4) is 0 Å². The van der Waals surface area contributed by atoms with E-state index in [1.807, 2.05) is 24.0 Å². The van der Waals surface area contributed by atoms with Gasteiger partial charge in [-0.3, -0.25) is 4.79 Å². The smallest absolute Gasteiger partial charge is 0.243 e. The molecule has 1 aromatic rings. The molecule has 2 fully saturated rings. The third-order valence-corrected chi connectivity index (χ3v) is 7.91. The van der Waals surface area contributed by atoms with E-state index >= 15 is 0 Å². The average molecular weight is 394 g/mol. The maximum atomic E-state index is 13.0. The molecule has 2 atom stereocenters. The average Bonchev–Trinajstić information content (AvgIpc) is 2.67. The molecule has 0 saturated carbocycles. The molecule has 2 N–H and O–H groups in total. The Bertz CT molecular complexity index is 755. The lowest BCUT2D eigenvalue weighted by molar-refractivity contribution is -0.141. The third kappa shape index (κ3) is 4.36. The monoisotopic (exact) mass is 393 g/mol. The van der Waals surface area contributed by atoms with Gasteiger partial charge in [0.05, 0.1) is 4.90 Å². The van der Waals surface area contributed by atoms with Gasteiger partial charge in [0, 0.05) is 38.1 Å². The second kappa shape index (κ2) is 8.29. The van der Waals surface area contributed by atoms with Crippen LogP contribution in [-0.4, -0.2) is 55.8 Å². The Kier molecular flexibility index (Phi) is 6.23. The molecular formula is C20H31N3O3S. The van der Waals surface area contributed by atoms with Crippen molar-refractivity contribution in [1.82, 2.24) is 9.21 Å². The molecule has 3 rings (SSSR count). The molecule has 2 unspecified atom stereocenters. The third-order valence-electron chi connectivity index (χ3n) is 6.00. The number of aryl methyl sites for hydroxylation is 1. The van der Waals surface area contributed by atoms with Gasteiger partial charge in [-0.25, -0.2) is 8.42 Å². The summed E-state index contributed by atoms with van der Waals surface area (Å²) in [5, 5.41) is 0. The molecule has 0 aromatic heterocycles. The fourth-order valence-electron chi connectivity index (χ4n) is 4.20. The molecule has 7 heteroatoms. The molecule has 1 amide bonds. The van der Waals surface area contributed by atoms with Crippen LogP contribution in [0.2, 0.25) is 0 Å². The molecule has 27 heavy (non-hydrogen) atoms. The summed E-state index contributed by atoms with van der Waals surface area (Å²) in [5.74, 6) is 0.658. The van der Waals surface area contributed by atoms with E-state index in [4.69, 9.17) is 5.73 Å². The van der Waals surface area contributed by atoms with Gasteiger partial charge in [0.25, 0.3) is 0 Å². The highest BCUT2D eigenvalue weighted by Gasteiger charge is 2.37. The number of benzene rings is 1. The number of hydrogen-bond acceptors (Lipinski definition) is 4. The van der Waals surface area contributed by atoms with Crippen LogP contribution in [0, 0.1) is 18.8 Å². The van der Waals surface area contributed by atoms with Gasteiger partial charge in [0.2, 0.25) is 15.9 Å². The van der Waals surface area contributed by atoms with Gasteiger partial charge in [0.1, 0.15) is 0 Å². The van der Waals surface area contributed by atoms with Gasteiger partial charge in [0.15, 0.2) is 0 Å². The van der Waals surface area contributed by atoms with Crippen LogP contribution in [0.5, 0.6) is 0 Å². The molecule has 0 bridgehead atoms. The predicted molar refractivity (Wildman–Crippen MR) is 106 cm³/mol. The van der Waals surface area contributed by atoms with E-state index in [2.05, 4.69) is 6.92 Å². The van der Waals surface area contributed by atoms with Crippen LogP contribution >= 0.6 is 0 Å². The minimum Gasteiger partial charge on any atom is -0.338 e. The van der Waals surface area contributed by atoms with Crippen molar-refractivity contribution in [2.45, 2.75) is 50.5 Å². The molecule has 150 valence electrons. The maximum absolute atomic E-state index is 13.0. The van der Waals surface area contributed by atoms with E-state index in [1.54, 1.807) is 12.1 Å². The van der Waals surface area contributed by atoms with Gasteiger partial charge >= 0.3 is 0 Å². The first-order valence-electron chi connectivity index (χ1n) is 9.90. The minimum absolute atomic E-state index is 0.100. The molecular weight excluding hydrogens is 362 g/mol. The fraction of sp³-hybridized carbons (Fsp3) is 0.650. The topological polar surface area (TPSA) is 83.7 Å². The first-order valence-corrected chi connectivity index (χ1v) is 11.3. The Morgan fingerprint density at radius 1 is 1.11 bits per heavy atom. The Morgan fingerprint density at radius 2 is 1.74 bits per heavy atom. The van der Waals surface area contributed by atoms with Gasteiger partial charge in [-0.2, -0.15) is 4.31 Å². The molecule has 2 aliphatic heterocycles. The molecule has 1 aromatic carbocycles. The number of rotatable bonds is 4. The highest BCUT2D eigenvalue weighted by atomic mass is 32.2. The lowest BCUT2D eigenvalue weighted by Gasteiger charge is -2.41. The van der Waals surface area contributed by atoms with Crippen LogP contribution in [0.25, 0.3) is 0 Å². The standard InChI is InChI=1S/C20H31N3O3S/c1-15-3-5-19(6-4-15)27(25,26)22-10-8-17(9-11-22)20(24)23-12-7-16(2)13-18(23)14-21/h3-6,16-18H,7-14,21H2,1-2H3. The van der Waals surface area contributed by atoms with Crippen molar-refractivity contribution >= 4 is 15.9 Å². The van der Waals surface area contributed by atoms with E-state index in [-0.39, 0.29) is 17.9 Å². The summed E-state index contributed by atoms with van der Waals surface area (Å²) >= 11 is 0. The van der Waals surface area contributed by atoms with E-state index in [9.17, 15) is 13.2 Å². The zero-order valence-electron chi connectivity index (χ0n) is 16.3. The number of amides is 1. The number of carbonyl (C=O) groups is 1. The van der Waals surface area contributed by atoms with Crippen molar-refractivity contribution in [2.75, 3.05) is 26.2 Å². The van der Waals surface area contributed by atoms with Gasteiger partial charge in [-0.15, -0.1) is 0 Å². The minimum atomic E-state index is -3.49. The SMILES string of the molecule is Cc1ccc(S(=O)(=O)N2CCC(C(=O)N3CCC(C)CC3CN)CC2)cc1. The quantitative estimate of drug-likeness (QED) is 0.848. The van der Waals surface area contributed by atoms with Crippen molar-refractivity contribution in [2.24, 2.45) is 17.6 Å². The Morgan fingerprint density at radius 3 is 2.33 bits per heavy atom. The van der Waals surface area contributed by atoms with Crippen LogP contribution in [0.1, 0.15) is 38.2 Å². The Labute approximate surface area is 162 Å². The molecule has 0 spiro atoms. The summed E-state index contributed by atoms with van der Waals surface area (Å²) in [4.78, 5) is 15.3. The van der Waals surface area contributed by atoms with Gasteiger partial charge in [-0.05, 0) is 50.7 Å². The number of piperidine rings is 2. The molecule has 2 heterocycles. The summed E-state index contributed by atoms with van der Waals surface area (Å²) in [6.45, 7) is 6.19. The number of sulfonamides is 1. The van der Waals surface area contributed by atoms with Crippen LogP contribution in [0.4, 0.5) is 0 Å². The van der Waals surface area contributed by atoms with Gasteiger partial charge < -0.3 is 10.6 Å². The van der Waals surface area contributed by atoms with E-state index in [0.29, 0.717) is 43.3 Å². The van der Waals surface area contributed by atoms with E-state index in [1.165, 1.54) is 4.31 Å². The summed E-state index contributed by atoms with van der Waals surface area (Å²) in [7, 11) is -3.49. The summed E-state index contributed by atoms with van der Waals surface area (Å²) in [6, 6.07) is 7.06. The van der Waals surface area contributed by atoms with Crippen LogP contribution < -0.4 is 5.73 Å². The maximum Gasteiger partial charge on any atom is 0.243 e. The van der Waals surface area contributed by atoms with Crippen molar-refractivity contribution in [3.05, 3.63) is 29.8 Å². The number of hydrogen-bond donors (Lipinski definition) is 1. The number of nitrogens with zero attached hydrogens (tertiary/aromatic N) is 2. The Balaban J connectivity index is 1.63. The molecule has 6 nitrogen and oxygen atoms in total. The summed E-state index contributed by atoms with van der Waals surface area (Å²) in [6.07, 6.45) is 3.13. The zero-order chi connectivity index (χ0) is 19.6. The number of nitrogens with two attached hydrogens (primary N) is 1. The molecule has 0 radical (unpaired) electrons. The Hall–Kier alpha value is -1.44. The van der Waals surface area contributed by atoms with Crippen molar-refractivity contribution in [1.29, 1.82) is 0 Å². The second-order valence-corrected chi connectivity index (χ2v) is 9.98. The number of carbonyl (C=O) groups excluding carboxylic acids is 1. The largest absolute Gasteiger partial charge is 0.338 e. The van der Waals surface area contributed by atoms with Gasteiger partial charge in [-0.1, -0.05) is 24.6 Å². The summed E-state index contributed by atoms with van der Waals surface area (Å²) < 4.78 is 27.2. The first kappa shape index (κ1) is 20.3. The van der Waals surface area contributed by atoms with Crippen LogP contribution in [-0.2, 0) is 14.8 Å². The van der Waals surface area contributed by atoms with E-state index < -0.39 is 10.0 Å². The lowest BCUT2D eigenvalue weighted by atomic mass is 9.89. The van der Waals surface area contributed by atoms with Crippen molar-refractivity contribution in [3.63, 3.8) is 0 Å². The highest BCUT2D eigenvalue weighted by Crippen LogP contribution is 2.29. The predicted octanol–water partition coefficient (Wildman–Crippen LogP) is 1.98. The fourth-order valence-corrected chi connectivity index (χ4v) is 5.67. The molecule has 0 aliphatic carbocycles. The van der Waals surface area contributed by atoms with Crippen LogP contribution in [0.15, 0.2) is 29.2 Å². The highest BCUT2D eigenvalue weighted by molar-refractivity contribution is 7.89. The summed E-state index contributed by atoms with van der Waals surface area (Å²) in [5.41, 5.74) is 6.93. The second-order valence-electron chi connectivity index (χ2n) is 8.04. The molecule has 2 aliphatic rings. The molecule has 2 saturated heterocycles. The van der Waals surface area contributed by atoms with Crippen molar-refractivity contribution in [3.8, 4) is 0 Å².